The van der Waals surface area contributed by atoms with Gasteiger partial charge in [0.2, 0.25) is 5.91 Å². The first kappa shape index (κ1) is 20.2. The van der Waals surface area contributed by atoms with E-state index in [0.29, 0.717) is 17.7 Å². The Balaban J connectivity index is 2.02. The highest BCUT2D eigenvalue weighted by Crippen LogP contribution is 2.15. The molecule has 2 amide bonds. The quantitative estimate of drug-likeness (QED) is 0.730. The molecule has 0 radical (unpaired) electrons. The van der Waals surface area contributed by atoms with Gasteiger partial charge in [-0.15, -0.1) is 0 Å². The van der Waals surface area contributed by atoms with Gasteiger partial charge in [0.25, 0.3) is 5.91 Å². The summed E-state index contributed by atoms with van der Waals surface area (Å²) in [6.45, 7) is 5.86. The van der Waals surface area contributed by atoms with Crippen molar-refractivity contribution in [3.63, 3.8) is 0 Å². The Morgan fingerprint density at radius 2 is 1.56 bits per heavy atom. The van der Waals surface area contributed by atoms with E-state index in [1.807, 2.05) is 20.8 Å². The normalized spacial score (nSPS) is 12.1. The number of benzene rings is 2. The fourth-order valence-electron chi connectivity index (χ4n) is 2.37. The predicted molar refractivity (Wildman–Crippen MR) is 102 cm³/mol. The van der Waals surface area contributed by atoms with Gasteiger partial charge in [0.1, 0.15) is 0 Å². The summed E-state index contributed by atoms with van der Waals surface area (Å²) in [4.78, 5) is 35.8. The van der Waals surface area contributed by atoms with Crippen LogP contribution in [0.2, 0.25) is 0 Å². The molecule has 0 saturated carbocycles. The molecule has 0 saturated heterocycles. The summed E-state index contributed by atoms with van der Waals surface area (Å²) in [5, 5.41) is 14.8. The molecule has 0 aliphatic rings. The lowest BCUT2D eigenvalue weighted by Crippen LogP contribution is -2.34. The molecule has 6 heteroatoms. The third-order valence-electron chi connectivity index (χ3n) is 4.01. The fourth-order valence-corrected chi connectivity index (χ4v) is 2.37. The van der Waals surface area contributed by atoms with Gasteiger partial charge in [0.05, 0.1) is 0 Å². The Labute approximate surface area is 158 Å². The van der Waals surface area contributed by atoms with E-state index in [1.165, 1.54) is 0 Å². The second kappa shape index (κ2) is 8.49. The van der Waals surface area contributed by atoms with Crippen molar-refractivity contribution in [2.45, 2.75) is 33.4 Å². The largest absolute Gasteiger partial charge is 0.479 e. The molecule has 27 heavy (non-hydrogen) atoms. The molecular weight excluding hydrogens is 344 g/mol. The van der Waals surface area contributed by atoms with Crippen molar-refractivity contribution >= 4 is 17.8 Å². The first-order chi connectivity index (χ1) is 12.7. The van der Waals surface area contributed by atoms with E-state index in [-0.39, 0.29) is 5.91 Å². The van der Waals surface area contributed by atoms with E-state index in [1.54, 1.807) is 54.6 Å². The number of carbonyl (C=O) groups is 3. The molecule has 0 fully saturated rings. The summed E-state index contributed by atoms with van der Waals surface area (Å²) in [6, 6.07) is 14.1. The van der Waals surface area contributed by atoms with E-state index in [9.17, 15) is 19.5 Å². The lowest BCUT2D eigenvalue weighted by atomic mass is 9.95. The summed E-state index contributed by atoms with van der Waals surface area (Å²) < 4.78 is 0. The van der Waals surface area contributed by atoms with Crippen LogP contribution in [0.25, 0.3) is 0 Å². The summed E-state index contributed by atoms with van der Waals surface area (Å²) in [7, 11) is 0. The number of hydrogen-bond acceptors (Lipinski definition) is 3. The molecule has 6 nitrogen and oxygen atoms in total. The lowest BCUT2D eigenvalue weighted by Gasteiger charge is -2.18. The van der Waals surface area contributed by atoms with Crippen LogP contribution in [0.5, 0.6) is 0 Å². The summed E-state index contributed by atoms with van der Waals surface area (Å²) in [5.74, 6) is -1.66. The van der Waals surface area contributed by atoms with Crippen molar-refractivity contribution in [3.05, 3.63) is 71.3 Å². The second-order valence-corrected chi connectivity index (χ2v) is 7.28. The van der Waals surface area contributed by atoms with Crippen LogP contribution in [0.1, 0.15) is 48.3 Å². The van der Waals surface area contributed by atoms with Crippen LogP contribution in [0.15, 0.2) is 54.6 Å². The van der Waals surface area contributed by atoms with Crippen LogP contribution in [-0.2, 0) is 16.1 Å². The molecule has 142 valence electrons. The number of nitrogens with one attached hydrogen (secondary N) is 2. The van der Waals surface area contributed by atoms with Gasteiger partial charge < -0.3 is 15.7 Å². The van der Waals surface area contributed by atoms with Crippen LogP contribution in [0.3, 0.4) is 0 Å². The van der Waals surface area contributed by atoms with E-state index in [4.69, 9.17) is 0 Å². The van der Waals surface area contributed by atoms with Gasteiger partial charge in [0.15, 0.2) is 6.04 Å². The van der Waals surface area contributed by atoms with Crippen LogP contribution in [-0.4, -0.2) is 22.9 Å². The average Bonchev–Trinajstić information content (AvgIpc) is 2.64. The van der Waals surface area contributed by atoms with Crippen LogP contribution >= 0.6 is 0 Å². The zero-order valence-corrected chi connectivity index (χ0v) is 15.7. The molecule has 2 aromatic carbocycles. The average molecular weight is 368 g/mol. The molecule has 2 rings (SSSR count). The Hall–Kier alpha value is -3.15. The topological polar surface area (TPSA) is 95.5 Å². The summed E-state index contributed by atoms with van der Waals surface area (Å²) in [5.41, 5.74) is 1.23. The van der Waals surface area contributed by atoms with Gasteiger partial charge in [-0.25, -0.2) is 4.79 Å². The molecule has 2 aromatic rings. The highest BCUT2D eigenvalue weighted by molar-refractivity contribution is 5.96. The zero-order chi connectivity index (χ0) is 20.0. The third-order valence-corrected chi connectivity index (χ3v) is 4.01. The minimum absolute atomic E-state index is 0.0588. The molecule has 0 aliphatic carbocycles. The lowest BCUT2D eigenvalue weighted by molar-refractivity contribution is -0.139. The number of aliphatic carboxylic acids is 1. The van der Waals surface area contributed by atoms with E-state index < -0.39 is 23.3 Å². The Kier molecular flexibility index (Phi) is 6.34. The first-order valence-electron chi connectivity index (χ1n) is 8.64. The molecule has 1 atom stereocenters. The molecule has 0 spiro atoms. The summed E-state index contributed by atoms with van der Waals surface area (Å²) in [6.07, 6.45) is 0. The first-order valence-corrected chi connectivity index (χ1v) is 8.64. The van der Waals surface area contributed by atoms with Gasteiger partial charge in [-0.2, -0.15) is 0 Å². The van der Waals surface area contributed by atoms with Crippen molar-refractivity contribution in [3.8, 4) is 0 Å². The molecule has 0 aliphatic heterocycles. The molecule has 1 unspecified atom stereocenters. The number of hydrogen-bond donors (Lipinski definition) is 3. The summed E-state index contributed by atoms with van der Waals surface area (Å²) >= 11 is 0. The Morgan fingerprint density at radius 1 is 0.963 bits per heavy atom. The van der Waals surface area contributed by atoms with E-state index in [0.717, 1.165) is 5.56 Å². The van der Waals surface area contributed by atoms with Crippen molar-refractivity contribution in [2.24, 2.45) is 5.41 Å². The highest BCUT2D eigenvalue weighted by Gasteiger charge is 2.23. The van der Waals surface area contributed by atoms with Gasteiger partial charge in [-0.05, 0) is 23.3 Å². The fraction of sp³-hybridized carbons (Fsp3) is 0.286. The Bertz CT molecular complexity index is 808. The van der Waals surface area contributed by atoms with Crippen LogP contribution in [0, 0.1) is 5.41 Å². The second-order valence-electron chi connectivity index (χ2n) is 7.28. The maximum atomic E-state index is 12.4. The highest BCUT2D eigenvalue weighted by atomic mass is 16.4. The van der Waals surface area contributed by atoms with Gasteiger partial charge in [-0.1, -0.05) is 63.2 Å². The van der Waals surface area contributed by atoms with Crippen molar-refractivity contribution in [1.29, 1.82) is 0 Å². The maximum absolute atomic E-state index is 12.4. The van der Waals surface area contributed by atoms with Crippen molar-refractivity contribution in [1.82, 2.24) is 10.6 Å². The zero-order valence-electron chi connectivity index (χ0n) is 15.7. The van der Waals surface area contributed by atoms with Gasteiger partial charge in [-0.3, -0.25) is 9.59 Å². The minimum atomic E-state index is -1.13. The molecule has 0 bridgehead atoms. The molecular formula is C21H24N2O4. The standard InChI is InChI=1S/C21H24N2O4/c1-21(2,3)20(27)22-13-14-9-11-16(12-10-14)18(24)23-17(19(25)26)15-7-5-4-6-8-15/h4-12,17H,13H2,1-3H3,(H,22,27)(H,23,24)(H,25,26). The van der Waals surface area contributed by atoms with Gasteiger partial charge >= 0.3 is 5.97 Å². The smallest absolute Gasteiger partial charge is 0.330 e. The molecule has 0 heterocycles. The molecule has 0 aromatic heterocycles. The monoisotopic (exact) mass is 368 g/mol. The number of carboxylic acids is 1. The van der Waals surface area contributed by atoms with Crippen molar-refractivity contribution in [2.75, 3.05) is 0 Å². The predicted octanol–water partition coefficient (Wildman–Crippen LogP) is 2.90. The van der Waals surface area contributed by atoms with E-state index >= 15 is 0 Å². The molecule has 3 N–H and O–H groups in total. The van der Waals surface area contributed by atoms with Crippen LogP contribution in [0.4, 0.5) is 0 Å². The van der Waals surface area contributed by atoms with Crippen LogP contribution < -0.4 is 10.6 Å². The Morgan fingerprint density at radius 3 is 2.07 bits per heavy atom. The van der Waals surface area contributed by atoms with Gasteiger partial charge in [0, 0.05) is 17.5 Å². The minimum Gasteiger partial charge on any atom is -0.479 e. The SMILES string of the molecule is CC(C)(C)C(=O)NCc1ccc(C(=O)NC(C(=O)O)c2ccccc2)cc1. The number of carboxylic acid groups (broad SMARTS) is 1. The number of carbonyl (C=O) groups excluding carboxylic acids is 2. The maximum Gasteiger partial charge on any atom is 0.330 e. The van der Waals surface area contributed by atoms with Crippen molar-refractivity contribution < 1.29 is 19.5 Å². The number of rotatable bonds is 6. The third kappa shape index (κ3) is 5.67. The number of amides is 2. The van der Waals surface area contributed by atoms with E-state index in [2.05, 4.69) is 10.6 Å².